The molecule has 2 heterocycles. The standard InChI is InChI=1S/C21H33N3/c1-15(2)22-9-11-23(12-10-22)18-5-6-19-17-7-8-24(16(3)4)21(13-17)20(19)14-18/h5-6,14-17,21H,7-13H2,1-4H3/t17?,21-/m0/s1. The molecule has 3 heteroatoms. The highest BCUT2D eigenvalue weighted by Gasteiger charge is 2.39. The summed E-state index contributed by atoms with van der Waals surface area (Å²) in [6.07, 6.45) is 2.69. The van der Waals surface area contributed by atoms with E-state index in [0.717, 1.165) is 5.92 Å². The zero-order valence-electron chi connectivity index (χ0n) is 15.8. The van der Waals surface area contributed by atoms with Gasteiger partial charge >= 0.3 is 0 Å². The van der Waals surface area contributed by atoms with Gasteiger partial charge in [-0.15, -0.1) is 0 Å². The molecule has 2 aliphatic heterocycles. The Balaban J connectivity index is 1.55. The van der Waals surface area contributed by atoms with Crippen LogP contribution in [0.4, 0.5) is 5.69 Å². The number of hydrogen-bond acceptors (Lipinski definition) is 3. The van der Waals surface area contributed by atoms with Crippen molar-refractivity contribution in [2.75, 3.05) is 37.6 Å². The molecule has 0 spiro atoms. The number of piperazine rings is 1. The predicted octanol–water partition coefficient (Wildman–Crippen LogP) is 3.86. The SMILES string of the molecule is CC(C)N1CCN(c2ccc3c(c2)[C@@H]2CC3CCN2C(C)C)CC1. The summed E-state index contributed by atoms with van der Waals surface area (Å²) >= 11 is 0. The first-order valence-electron chi connectivity index (χ1n) is 9.93. The zero-order valence-corrected chi connectivity index (χ0v) is 15.8. The van der Waals surface area contributed by atoms with Crippen molar-refractivity contribution in [3.63, 3.8) is 0 Å². The first kappa shape index (κ1) is 16.4. The molecule has 0 radical (unpaired) electrons. The quantitative estimate of drug-likeness (QED) is 0.835. The molecule has 0 N–H and O–H groups in total. The molecule has 0 amide bonds. The number of benzene rings is 1. The molecule has 3 aliphatic rings. The fourth-order valence-corrected chi connectivity index (χ4v) is 5.11. The van der Waals surface area contributed by atoms with Crippen molar-refractivity contribution < 1.29 is 0 Å². The summed E-state index contributed by atoms with van der Waals surface area (Å²) in [4.78, 5) is 7.92. The van der Waals surface area contributed by atoms with Crippen LogP contribution in [0.15, 0.2) is 18.2 Å². The fourth-order valence-electron chi connectivity index (χ4n) is 5.11. The largest absolute Gasteiger partial charge is 0.369 e. The first-order chi connectivity index (χ1) is 11.5. The van der Waals surface area contributed by atoms with Crippen molar-refractivity contribution in [2.24, 2.45) is 0 Å². The molecule has 1 aliphatic carbocycles. The minimum atomic E-state index is 0.653. The first-order valence-corrected chi connectivity index (χ1v) is 9.93. The highest BCUT2D eigenvalue weighted by molar-refractivity contribution is 5.55. The second-order valence-electron chi connectivity index (χ2n) is 8.50. The highest BCUT2D eigenvalue weighted by atomic mass is 15.3. The lowest BCUT2D eigenvalue weighted by molar-refractivity contribution is 0.116. The highest BCUT2D eigenvalue weighted by Crippen LogP contribution is 2.50. The number of likely N-dealkylation sites (tertiary alicyclic amines) is 1. The van der Waals surface area contributed by atoms with Gasteiger partial charge in [-0.3, -0.25) is 9.80 Å². The monoisotopic (exact) mass is 327 g/mol. The molecular formula is C21H33N3. The lowest BCUT2D eigenvalue weighted by Crippen LogP contribution is -2.48. The summed E-state index contributed by atoms with van der Waals surface area (Å²) in [5.41, 5.74) is 4.73. The van der Waals surface area contributed by atoms with Gasteiger partial charge in [0.1, 0.15) is 0 Å². The average molecular weight is 328 g/mol. The van der Waals surface area contributed by atoms with Crippen LogP contribution in [-0.2, 0) is 0 Å². The van der Waals surface area contributed by atoms with E-state index in [-0.39, 0.29) is 0 Å². The second kappa shape index (κ2) is 6.34. The van der Waals surface area contributed by atoms with Crippen LogP contribution in [0.25, 0.3) is 0 Å². The number of hydrogen-bond donors (Lipinski definition) is 0. The molecule has 2 atom stereocenters. The van der Waals surface area contributed by atoms with E-state index in [4.69, 9.17) is 0 Å². The van der Waals surface area contributed by atoms with Gasteiger partial charge in [-0.25, -0.2) is 0 Å². The molecule has 1 unspecified atom stereocenters. The van der Waals surface area contributed by atoms with E-state index in [1.807, 2.05) is 0 Å². The van der Waals surface area contributed by atoms with Gasteiger partial charge in [0.2, 0.25) is 0 Å². The molecular weight excluding hydrogens is 294 g/mol. The van der Waals surface area contributed by atoms with Crippen molar-refractivity contribution in [3.8, 4) is 0 Å². The summed E-state index contributed by atoms with van der Waals surface area (Å²) in [5, 5.41) is 0. The maximum Gasteiger partial charge on any atom is 0.0370 e. The minimum Gasteiger partial charge on any atom is -0.369 e. The molecule has 2 fully saturated rings. The molecule has 4 rings (SSSR count). The van der Waals surface area contributed by atoms with Gasteiger partial charge in [-0.1, -0.05) is 6.07 Å². The van der Waals surface area contributed by atoms with Crippen molar-refractivity contribution in [1.82, 2.24) is 9.80 Å². The van der Waals surface area contributed by atoms with Crippen molar-refractivity contribution in [2.45, 2.75) is 64.6 Å². The Morgan fingerprint density at radius 1 is 0.875 bits per heavy atom. The molecule has 2 saturated heterocycles. The van der Waals surface area contributed by atoms with Crippen LogP contribution < -0.4 is 4.90 Å². The molecule has 3 nitrogen and oxygen atoms in total. The lowest BCUT2D eigenvalue weighted by Gasteiger charge is -2.39. The Kier molecular flexibility index (Phi) is 4.34. The van der Waals surface area contributed by atoms with Gasteiger partial charge in [-0.2, -0.15) is 0 Å². The second-order valence-corrected chi connectivity index (χ2v) is 8.50. The number of piperidine rings is 1. The van der Waals surface area contributed by atoms with E-state index in [0.29, 0.717) is 18.1 Å². The number of rotatable bonds is 3. The summed E-state index contributed by atoms with van der Waals surface area (Å²) in [5.74, 6) is 0.812. The summed E-state index contributed by atoms with van der Waals surface area (Å²) in [7, 11) is 0. The molecule has 0 saturated carbocycles. The number of fused-ring (bicyclic) bond motifs is 5. The minimum absolute atomic E-state index is 0.653. The van der Waals surface area contributed by atoms with Crippen LogP contribution in [0, 0.1) is 0 Å². The van der Waals surface area contributed by atoms with Gasteiger partial charge in [0.25, 0.3) is 0 Å². The maximum atomic E-state index is 2.73. The van der Waals surface area contributed by atoms with Crippen molar-refractivity contribution in [3.05, 3.63) is 29.3 Å². The Morgan fingerprint density at radius 2 is 1.62 bits per heavy atom. The van der Waals surface area contributed by atoms with Gasteiger partial charge in [0.05, 0.1) is 0 Å². The van der Waals surface area contributed by atoms with Crippen LogP contribution in [0.5, 0.6) is 0 Å². The van der Waals surface area contributed by atoms with E-state index in [1.165, 1.54) is 51.3 Å². The number of anilines is 1. The van der Waals surface area contributed by atoms with Gasteiger partial charge in [0, 0.05) is 50.0 Å². The average Bonchev–Trinajstić information content (AvgIpc) is 2.87. The van der Waals surface area contributed by atoms with E-state index < -0.39 is 0 Å². The van der Waals surface area contributed by atoms with Crippen LogP contribution >= 0.6 is 0 Å². The summed E-state index contributed by atoms with van der Waals surface area (Å²) in [6, 6.07) is 9.37. The zero-order chi connectivity index (χ0) is 16.8. The van der Waals surface area contributed by atoms with Crippen LogP contribution in [-0.4, -0.2) is 54.6 Å². The summed E-state index contributed by atoms with van der Waals surface area (Å²) in [6.45, 7) is 15.3. The van der Waals surface area contributed by atoms with E-state index in [2.05, 4.69) is 60.6 Å². The fraction of sp³-hybridized carbons (Fsp3) is 0.714. The maximum absolute atomic E-state index is 2.73. The van der Waals surface area contributed by atoms with Gasteiger partial charge in [0.15, 0.2) is 0 Å². The van der Waals surface area contributed by atoms with Crippen LogP contribution in [0.2, 0.25) is 0 Å². The third-order valence-corrected chi connectivity index (χ3v) is 6.59. The van der Waals surface area contributed by atoms with Crippen molar-refractivity contribution >= 4 is 5.69 Å². The number of nitrogens with zero attached hydrogens (tertiary/aromatic N) is 3. The molecule has 2 bridgehead atoms. The van der Waals surface area contributed by atoms with E-state index in [9.17, 15) is 0 Å². The lowest BCUT2D eigenvalue weighted by atomic mass is 9.95. The normalized spacial score (nSPS) is 28.0. The van der Waals surface area contributed by atoms with Crippen molar-refractivity contribution in [1.29, 1.82) is 0 Å². The third kappa shape index (κ3) is 2.76. The van der Waals surface area contributed by atoms with Crippen LogP contribution in [0.1, 0.15) is 63.6 Å². The Hall–Kier alpha value is -1.06. The van der Waals surface area contributed by atoms with Gasteiger partial charge < -0.3 is 4.90 Å². The van der Waals surface area contributed by atoms with E-state index in [1.54, 1.807) is 11.1 Å². The molecule has 0 aromatic heterocycles. The Bertz CT molecular complexity index is 587. The van der Waals surface area contributed by atoms with E-state index >= 15 is 0 Å². The molecule has 1 aromatic rings. The molecule has 132 valence electrons. The molecule has 1 aromatic carbocycles. The van der Waals surface area contributed by atoms with Gasteiger partial charge in [-0.05, 0) is 76.3 Å². The Labute approximate surface area is 147 Å². The predicted molar refractivity (Wildman–Crippen MR) is 102 cm³/mol. The molecule has 24 heavy (non-hydrogen) atoms. The third-order valence-electron chi connectivity index (χ3n) is 6.59. The smallest absolute Gasteiger partial charge is 0.0370 e. The summed E-state index contributed by atoms with van der Waals surface area (Å²) < 4.78 is 0. The van der Waals surface area contributed by atoms with Crippen LogP contribution in [0.3, 0.4) is 0 Å². The topological polar surface area (TPSA) is 9.72 Å². The Morgan fingerprint density at radius 3 is 2.29 bits per heavy atom.